The van der Waals surface area contributed by atoms with Crippen LogP contribution in [0.1, 0.15) is 30.9 Å². The Hall–Kier alpha value is -3.13. The first-order valence-electron chi connectivity index (χ1n) is 8.80. The largest absolute Gasteiger partial charge is 0.482 e. The van der Waals surface area contributed by atoms with E-state index in [0.29, 0.717) is 11.7 Å². The number of hydrogen-bond acceptors (Lipinski definition) is 6. The smallest absolute Gasteiger partial charge is 0.344 e. The van der Waals surface area contributed by atoms with E-state index in [1.165, 1.54) is 17.7 Å². The van der Waals surface area contributed by atoms with Crippen LogP contribution in [0.3, 0.4) is 0 Å². The van der Waals surface area contributed by atoms with Crippen molar-refractivity contribution >= 4 is 34.9 Å². The number of aryl methyl sites for hydroxylation is 1. The number of anilines is 1. The molecule has 2 rings (SSSR count). The van der Waals surface area contributed by atoms with Crippen molar-refractivity contribution in [2.75, 3.05) is 18.5 Å². The molecule has 0 radical (unpaired) electrons. The summed E-state index contributed by atoms with van der Waals surface area (Å²) >= 11 is 5.89. The fourth-order valence-corrected chi connectivity index (χ4v) is 2.84. The quantitative estimate of drug-likeness (QED) is 0.388. The van der Waals surface area contributed by atoms with Gasteiger partial charge in [0, 0.05) is 12.1 Å². The van der Waals surface area contributed by atoms with Gasteiger partial charge in [-0.05, 0) is 42.2 Å². The molecule has 0 unspecified atom stereocenters. The van der Waals surface area contributed by atoms with E-state index in [4.69, 9.17) is 21.1 Å². The lowest BCUT2D eigenvalue weighted by Crippen LogP contribution is -2.23. The van der Waals surface area contributed by atoms with E-state index < -0.39 is 23.4 Å². The van der Waals surface area contributed by atoms with Gasteiger partial charge in [-0.1, -0.05) is 31.5 Å². The summed E-state index contributed by atoms with van der Waals surface area (Å²) in [6, 6.07) is 9.18. The number of nitrogens with one attached hydrogen (secondary N) is 1. The van der Waals surface area contributed by atoms with E-state index in [1.54, 1.807) is 6.07 Å². The Morgan fingerprint density at radius 1 is 1.17 bits per heavy atom. The molecule has 9 heteroatoms. The van der Waals surface area contributed by atoms with Crippen LogP contribution in [-0.2, 0) is 14.3 Å². The third-order valence-corrected chi connectivity index (χ3v) is 4.33. The van der Waals surface area contributed by atoms with Gasteiger partial charge in [-0.15, -0.1) is 0 Å². The van der Waals surface area contributed by atoms with Crippen LogP contribution < -0.4 is 10.1 Å². The van der Waals surface area contributed by atoms with Crippen molar-refractivity contribution < 1.29 is 24.0 Å². The van der Waals surface area contributed by atoms with Crippen molar-refractivity contribution in [1.82, 2.24) is 0 Å². The van der Waals surface area contributed by atoms with E-state index >= 15 is 0 Å². The van der Waals surface area contributed by atoms with Crippen LogP contribution >= 0.6 is 11.6 Å². The zero-order valence-electron chi connectivity index (χ0n) is 16.2. The summed E-state index contributed by atoms with van der Waals surface area (Å²) in [5.41, 5.74) is 2.23. The molecule has 0 aliphatic carbocycles. The molecule has 0 aliphatic heterocycles. The predicted molar refractivity (Wildman–Crippen MR) is 108 cm³/mol. The number of carbonyl (C=O) groups excluding carboxylic acids is 2. The maximum absolute atomic E-state index is 11.9. The monoisotopic (exact) mass is 420 g/mol. The second-order valence-electron chi connectivity index (χ2n) is 6.59. The number of nitro benzene ring substituents is 1. The molecular formula is C20H21ClN2O6. The van der Waals surface area contributed by atoms with Gasteiger partial charge in [-0.25, -0.2) is 4.79 Å². The minimum Gasteiger partial charge on any atom is -0.482 e. The Kier molecular flexibility index (Phi) is 7.55. The number of rotatable bonds is 8. The van der Waals surface area contributed by atoms with Gasteiger partial charge in [0.15, 0.2) is 13.2 Å². The number of halogens is 1. The second-order valence-corrected chi connectivity index (χ2v) is 7.00. The van der Waals surface area contributed by atoms with Crippen LogP contribution in [0.15, 0.2) is 36.4 Å². The number of benzene rings is 2. The van der Waals surface area contributed by atoms with Crippen LogP contribution in [0, 0.1) is 17.0 Å². The van der Waals surface area contributed by atoms with E-state index in [1.807, 2.05) is 19.1 Å². The summed E-state index contributed by atoms with van der Waals surface area (Å²) in [6.07, 6.45) is 0. The minimum absolute atomic E-state index is 0.00224. The van der Waals surface area contributed by atoms with Gasteiger partial charge in [0.2, 0.25) is 0 Å². The van der Waals surface area contributed by atoms with Crippen molar-refractivity contribution in [2.24, 2.45) is 0 Å². The molecule has 0 saturated heterocycles. The Morgan fingerprint density at radius 2 is 1.90 bits per heavy atom. The van der Waals surface area contributed by atoms with Gasteiger partial charge < -0.3 is 14.8 Å². The standard InChI is InChI=1S/C20H21ClN2O6/c1-12(2)16-6-5-15(8-13(16)3)28-11-20(25)29-10-19(24)22-18-7-4-14(23(26)27)9-17(18)21/h4-9,12H,10-11H2,1-3H3,(H,22,24). The first-order valence-corrected chi connectivity index (χ1v) is 9.18. The van der Waals surface area contributed by atoms with Crippen LogP contribution in [0.2, 0.25) is 5.02 Å². The third kappa shape index (κ3) is 6.46. The van der Waals surface area contributed by atoms with Gasteiger partial charge in [-0.3, -0.25) is 14.9 Å². The molecule has 1 N–H and O–H groups in total. The molecule has 2 aromatic rings. The number of hydrogen-bond donors (Lipinski definition) is 1. The highest BCUT2D eigenvalue weighted by atomic mass is 35.5. The number of nitro groups is 1. The molecule has 0 saturated carbocycles. The predicted octanol–water partition coefficient (Wildman–Crippen LogP) is 4.24. The van der Waals surface area contributed by atoms with Crippen molar-refractivity contribution in [3.63, 3.8) is 0 Å². The SMILES string of the molecule is Cc1cc(OCC(=O)OCC(=O)Nc2ccc([N+](=O)[O-])cc2Cl)ccc1C(C)C. The lowest BCUT2D eigenvalue weighted by Gasteiger charge is -2.12. The highest BCUT2D eigenvalue weighted by Gasteiger charge is 2.13. The number of non-ortho nitro benzene ring substituents is 1. The second kappa shape index (κ2) is 9.88. The van der Waals surface area contributed by atoms with E-state index in [2.05, 4.69) is 19.2 Å². The van der Waals surface area contributed by atoms with Crippen molar-refractivity contribution in [3.8, 4) is 5.75 Å². The maximum Gasteiger partial charge on any atom is 0.344 e. The Balaban J connectivity index is 1.81. The first kappa shape index (κ1) is 22.2. The van der Waals surface area contributed by atoms with E-state index in [0.717, 1.165) is 11.6 Å². The number of amides is 1. The highest BCUT2D eigenvalue weighted by Crippen LogP contribution is 2.26. The molecule has 0 heterocycles. The third-order valence-electron chi connectivity index (χ3n) is 4.02. The Bertz CT molecular complexity index is 929. The summed E-state index contributed by atoms with van der Waals surface area (Å²) in [5.74, 6) is -0.422. The Labute approximate surface area is 172 Å². The summed E-state index contributed by atoms with van der Waals surface area (Å²) in [7, 11) is 0. The van der Waals surface area contributed by atoms with Gasteiger partial charge in [0.1, 0.15) is 5.75 Å². The summed E-state index contributed by atoms with van der Waals surface area (Å²) in [6.45, 7) is 5.27. The molecule has 154 valence electrons. The molecule has 0 bridgehead atoms. The van der Waals surface area contributed by atoms with Gasteiger partial charge in [0.25, 0.3) is 11.6 Å². The average molecular weight is 421 g/mol. The van der Waals surface area contributed by atoms with Gasteiger partial charge in [-0.2, -0.15) is 0 Å². The fraction of sp³-hybridized carbons (Fsp3) is 0.300. The van der Waals surface area contributed by atoms with Crippen LogP contribution in [0.25, 0.3) is 0 Å². The zero-order chi connectivity index (χ0) is 21.6. The maximum atomic E-state index is 11.9. The lowest BCUT2D eigenvalue weighted by atomic mass is 9.98. The van der Waals surface area contributed by atoms with Crippen LogP contribution in [0.5, 0.6) is 5.75 Å². The molecule has 29 heavy (non-hydrogen) atoms. The van der Waals surface area contributed by atoms with Crippen LogP contribution in [-0.4, -0.2) is 30.0 Å². The molecule has 0 fully saturated rings. The normalized spacial score (nSPS) is 10.5. The molecule has 1 amide bonds. The molecule has 8 nitrogen and oxygen atoms in total. The number of nitrogens with zero attached hydrogens (tertiary/aromatic N) is 1. The number of ether oxygens (including phenoxy) is 2. The minimum atomic E-state index is -0.708. The van der Waals surface area contributed by atoms with Crippen molar-refractivity contribution in [1.29, 1.82) is 0 Å². The first-order chi connectivity index (χ1) is 13.7. The summed E-state index contributed by atoms with van der Waals surface area (Å²) in [5, 5.41) is 13.1. The lowest BCUT2D eigenvalue weighted by molar-refractivity contribution is -0.384. The van der Waals surface area contributed by atoms with Crippen molar-refractivity contribution in [2.45, 2.75) is 26.7 Å². The summed E-state index contributed by atoms with van der Waals surface area (Å²) in [4.78, 5) is 33.8. The summed E-state index contributed by atoms with van der Waals surface area (Å²) < 4.78 is 10.3. The molecule has 0 aromatic heterocycles. The van der Waals surface area contributed by atoms with E-state index in [9.17, 15) is 19.7 Å². The Morgan fingerprint density at radius 3 is 2.48 bits per heavy atom. The van der Waals surface area contributed by atoms with Gasteiger partial charge in [0.05, 0.1) is 15.6 Å². The average Bonchev–Trinajstić information content (AvgIpc) is 2.65. The van der Waals surface area contributed by atoms with Crippen LogP contribution in [0.4, 0.5) is 11.4 Å². The molecule has 2 aromatic carbocycles. The molecule has 0 spiro atoms. The highest BCUT2D eigenvalue weighted by molar-refractivity contribution is 6.34. The zero-order valence-corrected chi connectivity index (χ0v) is 17.0. The molecule has 0 aliphatic rings. The number of esters is 1. The topological polar surface area (TPSA) is 108 Å². The van der Waals surface area contributed by atoms with E-state index in [-0.39, 0.29) is 23.0 Å². The van der Waals surface area contributed by atoms with Gasteiger partial charge >= 0.3 is 5.97 Å². The van der Waals surface area contributed by atoms with Crippen molar-refractivity contribution in [3.05, 3.63) is 62.7 Å². The number of carbonyl (C=O) groups is 2. The molecule has 0 atom stereocenters. The fourth-order valence-electron chi connectivity index (χ4n) is 2.62. The molecular weight excluding hydrogens is 400 g/mol.